The Morgan fingerprint density at radius 1 is 1.03 bits per heavy atom. The number of hydrogen-bond donors (Lipinski definition) is 1. The monoisotopic (exact) mass is 540 g/mol. The van der Waals surface area contributed by atoms with Gasteiger partial charge < -0.3 is 10.5 Å². The quantitative estimate of drug-likeness (QED) is 0.198. The van der Waals surface area contributed by atoms with E-state index in [1.807, 2.05) is 12.3 Å². The van der Waals surface area contributed by atoms with Gasteiger partial charge in [-0.1, -0.05) is 66.0 Å². The highest BCUT2D eigenvalue weighted by Crippen LogP contribution is 2.37. The van der Waals surface area contributed by atoms with E-state index in [0.29, 0.717) is 28.8 Å². The Morgan fingerprint density at radius 3 is 2.44 bits per heavy atom. The van der Waals surface area contributed by atoms with Crippen LogP contribution in [0.1, 0.15) is 89.4 Å². The minimum absolute atomic E-state index is 0.0366. The van der Waals surface area contributed by atoms with Crippen LogP contribution in [-0.2, 0) is 19.3 Å². The molecule has 0 aliphatic carbocycles. The number of anilines is 1. The summed E-state index contributed by atoms with van der Waals surface area (Å²) < 4.78 is 35.7. The van der Waals surface area contributed by atoms with Crippen LogP contribution in [0.2, 0.25) is 0 Å². The molecule has 0 spiro atoms. The molecule has 3 heterocycles. The van der Waals surface area contributed by atoms with Gasteiger partial charge in [-0.05, 0) is 55.9 Å². The topological polar surface area (TPSA) is 91.2 Å². The highest BCUT2D eigenvalue weighted by atomic mass is 19.3. The zero-order valence-electron chi connectivity index (χ0n) is 24.1. The fraction of sp³-hybridized carbons (Fsp3) is 0.533. The average molecular weight is 541 g/mol. The van der Waals surface area contributed by atoms with E-state index < -0.39 is 12.0 Å². The smallest absolute Gasteiger partial charge is 0.400 e. The number of nitrogens with two attached hydrogens (primary N) is 1. The lowest BCUT2D eigenvalue weighted by Crippen LogP contribution is -2.33. The van der Waals surface area contributed by atoms with E-state index >= 15 is 0 Å². The first-order valence-electron chi connectivity index (χ1n) is 14.1. The molecule has 0 bridgehead atoms. The van der Waals surface area contributed by atoms with Gasteiger partial charge in [0.25, 0.3) is 0 Å². The Hall–Kier alpha value is -3.36. The number of rotatable bonds is 11. The summed E-state index contributed by atoms with van der Waals surface area (Å²) in [6.45, 7) is 11.3. The molecule has 0 saturated carbocycles. The molecule has 39 heavy (non-hydrogen) atoms. The lowest BCUT2D eigenvalue weighted by atomic mass is 10.1. The first kappa shape index (κ1) is 30.2. The molecule has 9 heteroatoms. The molecule has 4 aromatic rings. The second-order valence-corrected chi connectivity index (χ2v) is 9.94. The van der Waals surface area contributed by atoms with Crippen molar-refractivity contribution in [1.82, 2.24) is 24.6 Å². The van der Waals surface area contributed by atoms with Crippen molar-refractivity contribution in [3.05, 3.63) is 53.1 Å². The summed E-state index contributed by atoms with van der Waals surface area (Å²) in [4.78, 5) is 13.2. The Labute approximate surface area is 230 Å². The van der Waals surface area contributed by atoms with Crippen LogP contribution in [-0.4, -0.2) is 30.7 Å². The molecule has 0 radical (unpaired) electrons. The van der Waals surface area contributed by atoms with Gasteiger partial charge in [0.05, 0.1) is 5.92 Å². The Bertz CT molecular complexity index is 1350. The van der Waals surface area contributed by atoms with Crippen LogP contribution in [0.3, 0.4) is 0 Å². The maximum atomic E-state index is 14.5. The highest BCUT2D eigenvalue weighted by molar-refractivity contribution is 5.96. The summed E-state index contributed by atoms with van der Waals surface area (Å²) in [6, 6.07) is 7.68. The Morgan fingerprint density at radius 2 is 1.79 bits per heavy atom. The lowest BCUT2D eigenvalue weighted by Gasteiger charge is -2.24. The number of nitrogen functional groups attached to an aromatic ring is 1. The molecule has 1 aromatic carbocycles. The minimum atomic E-state index is -3.31. The van der Waals surface area contributed by atoms with E-state index in [1.54, 1.807) is 26.0 Å². The van der Waals surface area contributed by atoms with Crippen LogP contribution >= 0.6 is 0 Å². The number of unbranched alkanes of at least 4 members (excludes halogenated alkanes) is 3. The SMILES string of the molecule is CCCCCCc1nc2c3ccc(C)c(OC(F)(F)C(C)CC)c3nc(N)n2n1.CCc1cccnc1CC. The third-order valence-corrected chi connectivity index (χ3v) is 7.04. The third-order valence-electron chi connectivity index (χ3n) is 7.04. The van der Waals surface area contributed by atoms with Gasteiger partial charge in [-0.2, -0.15) is 13.3 Å². The molecule has 7 nitrogen and oxygen atoms in total. The summed E-state index contributed by atoms with van der Waals surface area (Å²) >= 11 is 0. The molecule has 212 valence electrons. The molecule has 4 rings (SSSR count). The van der Waals surface area contributed by atoms with Crippen LogP contribution in [0.15, 0.2) is 30.5 Å². The largest absolute Gasteiger partial charge is 0.430 e. The predicted octanol–water partition coefficient (Wildman–Crippen LogP) is 7.52. The molecule has 0 aliphatic heterocycles. The minimum Gasteiger partial charge on any atom is -0.430 e. The first-order chi connectivity index (χ1) is 18.7. The number of halogens is 2. The Balaban J connectivity index is 0.000000353. The van der Waals surface area contributed by atoms with E-state index in [9.17, 15) is 8.78 Å². The maximum Gasteiger partial charge on any atom is 0.400 e. The van der Waals surface area contributed by atoms with Gasteiger partial charge in [0, 0.05) is 23.7 Å². The molecule has 3 aromatic heterocycles. The van der Waals surface area contributed by atoms with Gasteiger partial charge in [0.15, 0.2) is 17.2 Å². The number of benzene rings is 1. The number of fused-ring (bicyclic) bond motifs is 3. The van der Waals surface area contributed by atoms with Crippen molar-refractivity contribution in [2.45, 2.75) is 99.0 Å². The van der Waals surface area contributed by atoms with E-state index in [0.717, 1.165) is 38.5 Å². The van der Waals surface area contributed by atoms with Gasteiger partial charge >= 0.3 is 6.11 Å². The van der Waals surface area contributed by atoms with Crippen LogP contribution < -0.4 is 10.5 Å². The van der Waals surface area contributed by atoms with Crippen molar-refractivity contribution < 1.29 is 13.5 Å². The van der Waals surface area contributed by atoms with Crippen LogP contribution in [0, 0.1) is 12.8 Å². The molecule has 0 fully saturated rings. The van der Waals surface area contributed by atoms with Crippen LogP contribution in [0.25, 0.3) is 16.6 Å². The van der Waals surface area contributed by atoms with E-state index in [1.165, 1.54) is 29.1 Å². The second kappa shape index (κ2) is 13.6. The first-order valence-corrected chi connectivity index (χ1v) is 14.1. The highest BCUT2D eigenvalue weighted by Gasteiger charge is 2.39. The van der Waals surface area contributed by atoms with Gasteiger partial charge in [0.2, 0.25) is 5.95 Å². The zero-order chi connectivity index (χ0) is 28.6. The van der Waals surface area contributed by atoms with E-state index in [2.05, 4.69) is 46.9 Å². The standard InChI is InChI=1S/C21H29F2N5O.C9H13N/c1-5-7-8-9-10-16-25-19-15-12-11-13(3)18(29-21(22,23)14(4)6-2)17(15)26-20(24)28(19)27-16;1-3-8-6-5-7-10-9(8)4-2/h11-12,14H,5-10H2,1-4H3,(H2,24,26);5-7H,3-4H2,1-2H3. The fourth-order valence-electron chi connectivity index (χ4n) is 4.34. The summed E-state index contributed by atoms with van der Waals surface area (Å²) in [6.07, 6.45) is 6.15. The lowest BCUT2D eigenvalue weighted by molar-refractivity contribution is -0.211. The van der Waals surface area contributed by atoms with Crippen molar-refractivity contribution in [3.63, 3.8) is 0 Å². The summed E-state index contributed by atoms with van der Waals surface area (Å²) in [5.74, 6) is -0.118. The van der Waals surface area contributed by atoms with Crippen molar-refractivity contribution in [1.29, 1.82) is 0 Å². The van der Waals surface area contributed by atoms with E-state index in [-0.39, 0.29) is 17.2 Å². The number of aromatic nitrogens is 5. The third kappa shape index (κ3) is 7.19. The molecule has 2 N–H and O–H groups in total. The number of hydrogen-bond acceptors (Lipinski definition) is 6. The van der Waals surface area contributed by atoms with Crippen molar-refractivity contribution >= 4 is 22.5 Å². The number of pyridine rings is 1. The molecular weight excluding hydrogens is 498 g/mol. The number of aryl methyl sites for hydroxylation is 4. The fourth-order valence-corrected chi connectivity index (χ4v) is 4.34. The maximum absolute atomic E-state index is 14.5. The normalized spacial score (nSPS) is 12.4. The number of alkyl halides is 2. The van der Waals surface area contributed by atoms with Crippen molar-refractivity contribution in [2.24, 2.45) is 5.92 Å². The Kier molecular flexibility index (Phi) is 10.5. The molecule has 0 saturated heterocycles. The molecule has 1 unspecified atom stereocenters. The number of ether oxygens (including phenoxy) is 1. The molecule has 1 atom stereocenters. The van der Waals surface area contributed by atoms with Gasteiger partial charge in [-0.25, -0.2) is 9.97 Å². The molecule has 0 aliphatic rings. The van der Waals surface area contributed by atoms with Gasteiger partial charge in [-0.15, -0.1) is 5.10 Å². The molecule has 0 amide bonds. The average Bonchev–Trinajstić information content (AvgIpc) is 3.37. The predicted molar refractivity (Wildman–Crippen MR) is 153 cm³/mol. The summed E-state index contributed by atoms with van der Waals surface area (Å²) in [5, 5.41) is 5.05. The zero-order valence-corrected chi connectivity index (χ0v) is 24.1. The molecular formula is C30H42F2N6O. The van der Waals surface area contributed by atoms with Crippen LogP contribution in [0.4, 0.5) is 14.7 Å². The van der Waals surface area contributed by atoms with Crippen molar-refractivity contribution in [3.8, 4) is 5.75 Å². The van der Waals surface area contributed by atoms with Gasteiger partial charge in [-0.3, -0.25) is 4.98 Å². The summed E-state index contributed by atoms with van der Waals surface area (Å²) in [7, 11) is 0. The van der Waals surface area contributed by atoms with Crippen molar-refractivity contribution in [2.75, 3.05) is 5.73 Å². The van der Waals surface area contributed by atoms with Gasteiger partial charge in [0.1, 0.15) is 5.52 Å². The second-order valence-electron chi connectivity index (χ2n) is 9.94. The number of nitrogens with zero attached hydrogens (tertiary/aromatic N) is 5. The van der Waals surface area contributed by atoms with E-state index in [4.69, 9.17) is 10.5 Å². The van der Waals surface area contributed by atoms with Crippen LogP contribution in [0.5, 0.6) is 5.75 Å². The summed E-state index contributed by atoms with van der Waals surface area (Å²) in [5.41, 5.74) is 10.1.